The maximum absolute atomic E-state index is 11.3. The van der Waals surface area contributed by atoms with E-state index in [-0.39, 0.29) is 11.4 Å². The van der Waals surface area contributed by atoms with Crippen molar-refractivity contribution in [1.29, 1.82) is 5.26 Å². The number of phenols is 1. The zero-order valence-corrected chi connectivity index (χ0v) is 9.93. The first-order chi connectivity index (χ1) is 7.35. The van der Waals surface area contributed by atoms with Crippen LogP contribution in [0.2, 0.25) is 5.02 Å². The average Bonchev–Trinajstić information content (AvgIpc) is 2.12. The van der Waals surface area contributed by atoms with E-state index in [1.807, 2.05) is 0 Å². The molecule has 0 spiro atoms. The van der Waals surface area contributed by atoms with Gasteiger partial charge in [0, 0.05) is 5.02 Å². The smallest absolute Gasteiger partial charge is 0.246 e. The average molecular weight is 261 g/mol. The molecule has 1 aromatic carbocycles. The van der Waals surface area contributed by atoms with Crippen LogP contribution in [-0.4, -0.2) is 19.3 Å². The molecule has 0 amide bonds. The Balaban J connectivity index is 3.13. The van der Waals surface area contributed by atoms with Gasteiger partial charge in [0.1, 0.15) is 5.75 Å². The molecule has 1 aromatic rings. The second-order valence-corrected chi connectivity index (χ2v) is 5.30. The Morgan fingerprint density at radius 2 is 2.19 bits per heavy atom. The van der Waals surface area contributed by atoms with Crippen LogP contribution in [-0.2, 0) is 10.0 Å². The van der Waals surface area contributed by atoms with Gasteiger partial charge < -0.3 is 5.11 Å². The lowest BCUT2D eigenvalue weighted by molar-refractivity contribution is 0.473. The highest BCUT2D eigenvalue weighted by Gasteiger charge is 2.14. The number of aryl methyl sites for hydroxylation is 1. The van der Waals surface area contributed by atoms with Crippen molar-refractivity contribution in [3.05, 3.63) is 22.7 Å². The summed E-state index contributed by atoms with van der Waals surface area (Å²) in [4.78, 5) is 0. The van der Waals surface area contributed by atoms with Crippen molar-refractivity contribution < 1.29 is 13.5 Å². The minimum atomic E-state index is -3.77. The summed E-state index contributed by atoms with van der Waals surface area (Å²) in [5.41, 5.74) is 0.419. The quantitative estimate of drug-likeness (QED) is 0.808. The number of nitrogens with one attached hydrogen (secondary N) is 1. The third-order valence-corrected chi connectivity index (χ3v) is 3.04. The fourth-order valence-corrected chi connectivity index (χ4v) is 2.11. The van der Waals surface area contributed by atoms with Gasteiger partial charge in [-0.2, -0.15) is 5.26 Å². The van der Waals surface area contributed by atoms with E-state index < -0.39 is 15.8 Å². The SMILES string of the molecule is Cc1cc(Cl)cc(NS(=O)(=O)CC#N)c1O. The van der Waals surface area contributed by atoms with Gasteiger partial charge in [-0.1, -0.05) is 11.6 Å². The summed E-state index contributed by atoms with van der Waals surface area (Å²) in [7, 11) is -3.77. The molecule has 0 aliphatic carbocycles. The van der Waals surface area contributed by atoms with E-state index in [4.69, 9.17) is 16.9 Å². The number of phenolic OH excluding ortho intramolecular Hbond substituents is 1. The largest absolute Gasteiger partial charge is 0.505 e. The molecule has 0 unspecified atom stereocenters. The van der Waals surface area contributed by atoms with E-state index in [0.29, 0.717) is 10.6 Å². The van der Waals surface area contributed by atoms with Crippen molar-refractivity contribution in [1.82, 2.24) is 0 Å². The van der Waals surface area contributed by atoms with Crippen LogP contribution in [0.3, 0.4) is 0 Å². The first-order valence-corrected chi connectivity index (χ1v) is 6.25. The number of anilines is 1. The van der Waals surface area contributed by atoms with E-state index in [1.54, 1.807) is 6.92 Å². The number of hydrogen-bond acceptors (Lipinski definition) is 4. The summed E-state index contributed by atoms with van der Waals surface area (Å²) in [6.45, 7) is 1.59. The third kappa shape index (κ3) is 3.02. The molecule has 2 N–H and O–H groups in total. The topological polar surface area (TPSA) is 90.2 Å². The number of sulfonamides is 1. The van der Waals surface area contributed by atoms with E-state index in [2.05, 4.69) is 4.72 Å². The number of nitriles is 1. The molecule has 0 bridgehead atoms. The Morgan fingerprint density at radius 1 is 1.56 bits per heavy atom. The van der Waals surface area contributed by atoms with E-state index in [1.165, 1.54) is 18.2 Å². The third-order valence-electron chi connectivity index (χ3n) is 1.79. The summed E-state index contributed by atoms with van der Waals surface area (Å²) < 4.78 is 24.7. The lowest BCUT2D eigenvalue weighted by Gasteiger charge is -2.09. The molecule has 0 atom stereocenters. The van der Waals surface area contributed by atoms with E-state index in [0.717, 1.165) is 0 Å². The summed E-state index contributed by atoms with van der Waals surface area (Å²) in [6, 6.07) is 4.29. The predicted molar refractivity (Wildman–Crippen MR) is 60.9 cm³/mol. The van der Waals surface area contributed by atoms with Gasteiger partial charge in [-0.05, 0) is 24.6 Å². The molecular formula is C9H9ClN2O3S. The number of hydrogen-bond donors (Lipinski definition) is 2. The van der Waals surface area contributed by atoms with Gasteiger partial charge in [-0.3, -0.25) is 4.72 Å². The molecular weight excluding hydrogens is 252 g/mol. The number of aromatic hydroxyl groups is 1. The number of benzene rings is 1. The van der Waals surface area contributed by atoms with Crippen LogP contribution < -0.4 is 4.72 Å². The Kier molecular flexibility index (Phi) is 3.62. The highest BCUT2D eigenvalue weighted by molar-refractivity contribution is 7.92. The maximum Gasteiger partial charge on any atom is 0.246 e. The van der Waals surface area contributed by atoms with Crippen LogP contribution in [0.25, 0.3) is 0 Å². The molecule has 0 radical (unpaired) electrons. The molecule has 16 heavy (non-hydrogen) atoms. The zero-order chi connectivity index (χ0) is 12.3. The fraction of sp³-hybridized carbons (Fsp3) is 0.222. The summed E-state index contributed by atoms with van der Waals surface area (Å²) in [5.74, 6) is -0.885. The van der Waals surface area contributed by atoms with E-state index in [9.17, 15) is 13.5 Å². The molecule has 0 aliphatic rings. The van der Waals surface area contributed by atoms with Crippen LogP contribution in [0.15, 0.2) is 12.1 Å². The highest BCUT2D eigenvalue weighted by Crippen LogP contribution is 2.31. The molecule has 5 nitrogen and oxygen atoms in total. The van der Waals surface area contributed by atoms with Gasteiger partial charge in [0.05, 0.1) is 11.8 Å². The van der Waals surface area contributed by atoms with Gasteiger partial charge in [0.25, 0.3) is 0 Å². The molecule has 1 rings (SSSR count). The Bertz CT molecular complexity index is 549. The highest BCUT2D eigenvalue weighted by atomic mass is 35.5. The van der Waals surface area contributed by atoms with Crippen molar-refractivity contribution in [2.75, 3.05) is 10.5 Å². The molecule has 0 saturated heterocycles. The van der Waals surface area contributed by atoms with Gasteiger partial charge in [0.15, 0.2) is 5.75 Å². The van der Waals surface area contributed by atoms with Crippen molar-refractivity contribution in [2.45, 2.75) is 6.92 Å². The first-order valence-electron chi connectivity index (χ1n) is 4.22. The molecule has 0 heterocycles. The van der Waals surface area contributed by atoms with Gasteiger partial charge in [-0.25, -0.2) is 8.42 Å². The molecule has 0 saturated carbocycles. The van der Waals surface area contributed by atoms with Crippen molar-refractivity contribution in [2.24, 2.45) is 0 Å². The summed E-state index contributed by atoms with van der Waals surface area (Å²) in [6.07, 6.45) is 0. The zero-order valence-electron chi connectivity index (χ0n) is 8.36. The van der Waals surface area contributed by atoms with Crippen LogP contribution in [0.4, 0.5) is 5.69 Å². The van der Waals surface area contributed by atoms with Gasteiger partial charge >= 0.3 is 0 Å². The molecule has 7 heteroatoms. The lowest BCUT2D eigenvalue weighted by atomic mass is 10.2. The fourth-order valence-electron chi connectivity index (χ4n) is 1.10. The summed E-state index contributed by atoms with van der Waals surface area (Å²) in [5, 5.41) is 18.2. The Labute approximate surface area is 98.3 Å². The van der Waals surface area contributed by atoms with Gasteiger partial charge in [0.2, 0.25) is 10.0 Å². The second-order valence-electron chi connectivity index (χ2n) is 3.14. The van der Waals surface area contributed by atoms with Crippen LogP contribution in [0.5, 0.6) is 5.75 Å². The van der Waals surface area contributed by atoms with Gasteiger partial charge in [-0.15, -0.1) is 0 Å². The normalized spacial score (nSPS) is 10.8. The minimum absolute atomic E-state index is 0.0275. The Morgan fingerprint density at radius 3 is 2.75 bits per heavy atom. The van der Waals surface area contributed by atoms with Crippen LogP contribution >= 0.6 is 11.6 Å². The van der Waals surface area contributed by atoms with Crippen molar-refractivity contribution in [3.8, 4) is 11.8 Å². The monoisotopic (exact) mass is 260 g/mol. The maximum atomic E-state index is 11.3. The van der Waals surface area contributed by atoms with Crippen molar-refractivity contribution in [3.63, 3.8) is 0 Å². The first kappa shape index (κ1) is 12.6. The minimum Gasteiger partial charge on any atom is -0.505 e. The summed E-state index contributed by atoms with van der Waals surface area (Å²) >= 11 is 5.72. The number of halogens is 1. The second kappa shape index (κ2) is 4.60. The number of rotatable bonds is 3. The molecule has 0 fully saturated rings. The standard InChI is InChI=1S/C9H9ClN2O3S/c1-6-4-7(10)5-8(9(6)13)12-16(14,15)3-2-11/h4-5,12-13H,3H2,1H3. The predicted octanol–water partition coefficient (Wildman–Crippen LogP) is 1.62. The Hall–Kier alpha value is -1.45. The van der Waals surface area contributed by atoms with Crippen LogP contribution in [0.1, 0.15) is 5.56 Å². The number of nitrogens with zero attached hydrogens (tertiary/aromatic N) is 1. The molecule has 86 valence electrons. The van der Waals surface area contributed by atoms with E-state index >= 15 is 0 Å². The van der Waals surface area contributed by atoms with Crippen molar-refractivity contribution >= 4 is 27.3 Å². The van der Waals surface area contributed by atoms with Crippen LogP contribution in [0, 0.1) is 18.3 Å². The molecule has 0 aliphatic heterocycles. The lowest BCUT2D eigenvalue weighted by Crippen LogP contribution is -2.15. The molecule has 0 aromatic heterocycles.